The van der Waals surface area contributed by atoms with Crippen LogP contribution in [-0.4, -0.2) is 48.7 Å². The fraction of sp³-hybridized carbons (Fsp3) is 0.500. The summed E-state index contributed by atoms with van der Waals surface area (Å²) in [4.78, 5) is 15.5. The number of amides is 1. The number of benzene rings is 1. The highest BCUT2D eigenvalue weighted by molar-refractivity contribution is 5.94. The largest absolute Gasteiger partial charge is 0.399 e. The van der Waals surface area contributed by atoms with E-state index in [1.165, 1.54) is 0 Å². The van der Waals surface area contributed by atoms with E-state index in [2.05, 4.69) is 0 Å². The third-order valence-electron chi connectivity index (χ3n) is 2.72. The zero-order valence-electron chi connectivity index (χ0n) is 12.1. The summed E-state index contributed by atoms with van der Waals surface area (Å²) in [5.74, 6) is -0.0310. The van der Waals surface area contributed by atoms with Crippen molar-refractivity contribution in [3.63, 3.8) is 0 Å². The van der Waals surface area contributed by atoms with Crippen LogP contribution in [-0.2, 0) is 4.79 Å². The van der Waals surface area contributed by atoms with Crippen LogP contribution in [0.3, 0.4) is 0 Å². The second-order valence-corrected chi connectivity index (χ2v) is 5.53. The molecule has 1 rings (SSSR count). The first-order valence-corrected chi connectivity index (χ1v) is 6.22. The van der Waals surface area contributed by atoms with Gasteiger partial charge in [-0.3, -0.25) is 9.69 Å². The molecular formula is C14H23N3O2. The number of likely N-dealkylation sites (N-methyl/N-ethyl adjacent to an activating group) is 2. The van der Waals surface area contributed by atoms with Crippen molar-refractivity contribution in [1.82, 2.24) is 4.90 Å². The lowest BCUT2D eigenvalue weighted by atomic mass is 10.1. The van der Waals surface area contributed by atoms with Crippen LogP contribution >= 0.6 is 0 Å². The minimum Gasteiger partial charge on any atom is -0.399 e. The fourth-order valence-electron chi connectivity index (χ4n) is 1.90. The first kappa shape index (κ1) is 15.5. The van der Waals surface area contributed by atoms with E-state index in [0.29, 0.717) is 12.2 Å². The second-order valence-electron chi connectivity index (χ2n) is 5.53. The van der Waals surface area contributed by atoms with Gasteiger partial charge in [-0.2, -0.15) is 0 Å². The zero-order chi connectivity index (χ0) is 14.6. The molecule has 0 aromatic heterocycles. The van der Waals surface area contributed by atoms with Crippen LogP contribution in [0.2, 0.25) is 0 Å². The molecule has 0 atom stereocenters. The summed E-state index contributed by atoms with van der Waals surface area (Å²) in [6.45, 7) is 4.13. The number of nitrogens with two attached hydrogens (primary N) is 1. The number of nitrogens with zero attached hydrogens (tertiary/aromatic N) is 2. The van der Waals surface area contributed by atoms with E-state index in [-0.39, 0.29) is 12.5 Å². The van der Waals surface area contributed by atoms with Crippen molar-refractivity contribution in [2.75, 3.05) is 37.8 Å². The third kappa shape index (κ3) is 5.28. The monoisotopic (exact) mass is 265 g/mol. The Morgan fingerprint density at radius 3 is 2.26 bits per heavy atom. The van der Waals surface area contributed by atoms with Gasteiger partial charge in [-0.15, -0.1) is 0 Å². The van der Waals surface area contributed by atoms with Gasteiger partial charge in [-0.25, -0.2) is 0 Å². The first-order valence-electron chi connectivity index (χ1n) is 6.22. The Bertz CT molecular complexity index is 423. The number of anilines is 2. The number of hydrogen-bond donors (Lipinski definition) is 2. The molecule has 1 aromatic rings. The van der Waals surface area contributed by atoms with E-state index in [1.54, 1.807) is 42.8 Å². The van der Waals surface area contributed by atoms with Crippen LogP contribution < -0.4 is 10.6 Å². The van der Waals surface area contributed by atoms with Gasteiger partial charge < -0.3 is 15.7 Å². The molecule has 0 bridgehead atoms. The SMILES string of the molecule is CN(CC(=O)N(C)c1ccc(N)cc1)CC(C)(C)O. The van der Waals surface area contributed by atoms with Gasteiger partial charge in [-0.05, 0) is 45.2 Å². The maximum atomic E-state index is 12.1. The average Bonchev–Trinajstić information content (AvgIpc) is 2.26. The van der Waals surface area contributed by atoms with Crippen molar-refractivity contribution in [2.45, 2.75) is 19.4 Å². The van der Waals surface area contributed by atoms with Gasteiger partial charge in [0.15, 0.2) is 0 Å². The molecule has 0 heterocycles. The van der Waals surface area contributed by atoms with Crippen molar-refractivity contribution < 1.29 is 9.90 Å². The van der Waals surface area contributed by atoms with Crippen LogP contribution in [0.25, 0.3) is 0 Å². The maximum absolute atomic E-state index is 12.1. The lowest BCUT2D eigenvalue weighted by Gasteiger charge is -2.27. The Labute approximate surface area is 114 Å². The summed E-state index contributed by atoms with van der Waals surface area (Å²) in [5.41, 5.74) is 6.27. The fourth-order valence-corrected chi connectivity index (χ4v) is 1.90. The highest BCUT2D eigenvalue weighted by Gasteiger charge is 2.19. The average molecular weight is 265 g/mol. The number of rotatable bonds is 5. The van der Waals surface area contributed by atoms with Crippen LogP contribution in [0.5, 0.6) is 0 Å². The zero-order valence-corrected chi connectivity index (χ0v) is 12.1. The van der Waals surface area contributed by atoms with Crippen molar-refractivity contribution >= 4 is 17.3 Å². The predicted octanol–water partition coefficient (Wildman–Crippen LogP) is 0.934. The molecule has 3 N–H and O–H groups in total. The van der Waals surface area contributed by atoms with Gasteiger partial charge >= 0.3 is 0 Å². The molecule has 106 valence electrons. The van der Waals surface area contributed by atoms with Gasteiger partial charge in [0, 0.05) is 25.0 Å². The molecule has 5 heteroatoms. The number of aliphatic hydroxyl groups is 1. The molecule has 0 saturated heterocycles. The highest BCUT2D eigenvalue weighted by atomic mass is 16.3. The van der Waals surface area contributed by atoms with Crippen molar-refractivity contribution in [2.24, 2.45) is 0 Å². The molecule has 0 spiro atoms. The molecular weight excluding hydrogens is 242 g/mol. The van der Waals surface area contributed by atoms with Crippen LogP contribution in [0, 0.1) is 0 Å². The first-order chi connectivity index (χ1) is 8.69. The number of carbonyl (C=O) groups excluding carboxylic acids is 1. The Kier molecular flexibility index (Phi) is 4.91. The molecule has 1 amide bonds. The molecule has 0 aliphatic carbocycles. The van der Waals surface area contributed by atoms with E-state index < -0.39 is 5.60 Å². The van der Waals surface area contributed by atoms with Gasteiger partial charge in [0.25, 0.3) is 0 Å². The normalized spacial score (nSPS) is 11.7. The quantitative estimate of drug-likeness (QED) is 0.777. The standard InChI is InChI=1S/C14H23N3O2/c1-14(2,19)10-16(3)9-13(18)17(4)12-7-5-11(15)6-8-12/h5-8,19H,9-10,15H2,1-4H3. The van der Waals surface area contributed by atoms with Gasteiger partial charge in [0.05, 0.1) is 12.1 Å². The van der Waals surface area contributed by atoms with E-state index in [4.69, 9.17) is 5.73 Å². The molecule has 0 aliphatic rings. The van der Waals surface area contributed by atoms with Gasteiger partial charge in [-0.1, -0.05) is 0 Å². The summed E-state index contributed by atoms with van der Waals surface area (Å²) >= 11 is 0. The molecule has 0 unspecified atom stereocenters. The molecule has 1 aromatic carbocycles. The van der Waals surface area contributed by atoms with Crippen molar-refractivity contribution in [3.05, 3.63) is 24.3 Å². The minimum atomic E-state index is -0.811. The lowest BCUT2D eigenvalue weighted by Crippen LogP contribution is -2.42. The Balaban J connectivity index is 2.60. The second kappa shape index (κ2) is 6.04. The third-order valence-corrected chi connectivity index (χ3v) is 2.72. The van der Waals surface area contributed by atoms with E-state index in [9.17, 15) is 9.90 Å². The van der Waals surface area contributed by atoms with E-state index in [0.717, 1.165) is 5.69 Å². The topological polar surface area (TPSA) is 69.8 Å². The summed E-state index contributed by atoms with van der Waals surface area (Å²) in [5, 5.41) is 9.71. The molecule has 0 radical (unpaired) electrons. The van der Waals surface area contributed by atoms with Crippen LogP contribution in [0.15, 0.2) is 24.3 Å². The number of nitrogen functional groups attached to an aromatic ring is 1. The highest BCUT2D eigenvalue weighted by Crippen LogP contribution is 2.15. The Hall–Kier alpha value is -1.59. The summed E-state index contributed by atoms with van der Waals surface area (Å²) in [6, 6.07) is 7.14. The molecule has 0 aliphatic heterocycles. The van der Waals surface area contributed by atoms with Gasteiger partial charge in [0.1, 0.15) is 0 Å². The molecule has 5 nitrogen and oxygen atoms in total. The predicted molar refractivity (Wildman–Crippen MR) is 78.1 cm³/mol. The van der Waals surface area contributed by atoms with Crippen molar-refractivity contribution in [3.8, 4) is 0 Å². The smallest absolute Gasteiger partial charge is 0.240 e. The number of hydrogen-bond acceptors (Lipinski definition) is 4. The molecule has 0 fully saturated rings. The number of carbonyl (C=O) groups is 1. The lowest BCUT2D eigenvalue weighted by molar-refractivity contribution is -0.119. The van der Waals surface area contributed by atoms with Crippen LogP contribution in [0.1, 0.15) is 13.8 Å². The maximum Gasteiger partial charge on any atom is 0.240 e. The van der Waals surface area contributed by atoms with Gasteiger partial charge in [0.2, 0.25) is 5.91 Å². The molecule has 19 heavy (non-hydrogen) atoms. The summed E-state index contributed by atoms with van der Waals surface area (Å²) in [7, 11) is 3.54. The summed E-state index contributed by atoms with van der Waals surface area (Å²) < 4.78 is 0. The Morgan fingerprint density at radius 1 is 1.26 bits per heavy atom. The molecule has 0 saturated carbocycles. The minimum absolute atomic E-state index is 0.0310. The van der Waals surface area contributed by atoms with Crippen molar-refractivity contribution in [1.29, 1.82) is 0 Å². The van der Waals surface area contributed by atoms with E-state index >= 15 is 0 Å². The van der Waals surface area contributed by atoms with E-state index in [1.807, 2.05) is 19.2 Å². The summed E-state index contributed by atoms with van der Waals surface area (Å²) in [6.07, 6.45) is 0. The Morgan fingerprint density at radius 2 is 1.79 bits per heavy atom. The van der Waals surface area contributed by atoms with Crippen LogP contribution in [0.4, 0.5) is 11.4 Å².